The van der Waals surface area contributed by atoms with Gasteiger partial charge in [0.1, 0.15) is 0 Å². The molecular formula is C15H25N3O2. The third-order valence-corrected chi connectivity index (χ3v) is 5.00. The second kappa shape index (κ2) is 6.12. The third kappa shape index (κ3) is 2.97. The molecule has 0 saturated carbocycles. The molecule has 20 heavy (non-hydrogen) atoms. The largest absolute Gasteiger partial charge is 0.355 e. The Morgan fingerprint density at radius 3 is 2.60 bits per heavy atom. The summed E-state index contributed by atoms with van der Waals surface area (Å²) in [5, 5.41) is 2.81. The Hall–Kier alpha value is -1.10. The zero-order valence-corrected chi connectivity index (χ0v) is 12.1. The molecular weight excluding hydrogens is 254 g/mol. The zero-order chi connectivity index (χ0) is 13.9. The summed E-state index contributed by atoms with van der Waals surface area (Å²) >= 11 is 0. The lowest BCUT2D eigenvalue weighted by Gasteiger charge is -2.32. The predicted octanol–water partition coefficient (Wildman–Crippen LogP) is 0.599. The molecule has 0 bridgehead atoms. The van der Waals surface area contributed by atoms with Crippen LogP contribution in [-0.4, -0.2) is 60.4 Å². The van der Waals surface area contributed by atoms with Gasteiger partial charge in [0, 0.05) is 32.1 Å². The van der Waals surface area contributed by atoms with Crippen molar-refractivity contribution in [2.24, 2.45) is 5.92 Å². The minimum absolute atomic E-state index is 0.00723. The lowest BCUT2D eigenvalue weighted by molar-refractivity contribution is -0.136. The van der Waals surface area contributed by atoms with E-state index in [1.165, 1.54) is 32.4 Å². The number of nitrogens with zero attached hydrogens (tertiary/aromatic N) is 2. The lowest BCUT2D eigenvalue weighted by atomic mass is 9.98. The fourth-order valence-corrected chi connectivity index (χ4v) is 3.73. The molecule has 0 aliphatic carbocycles. The van der Waals surface area contributed by atoms with Crippen molar-refractivity contribution in [1.82, 2.24) is 15.1 Å². The van der Waals surface area contributed by atoms with E-state index in [1.807, 2.05) is 4.90 Å². The van der Waals surface area contributed by atoms with Gasteiger partial charge in [0.25, 0.3) is 0 Å². The van der Waals surface area contributed by atoms with Crippen LogP contribution in [-0.2, 0) is 9.59 Å². The molecule has 0 aromatic rings. The van der Waals surface area contributed by atoms with Crippen LogP contribution in [0.4, 0.5) is 0 Å². The Kier molecular flexibility index (Phi) is 4.24. The van der Waals surface area contributed by atoms with E-state index in [1.54, 1.807) is 0 Å². The van der Waals surface area contributed by atoms with Gasteiger partial charge in [-0.2, -0.15) is 0 Å². The van der Waals surface area contributed by atoms with Gasteiger partial charge < -0.3 is 10.2 Å². The maximum absolute atomic E-state index is 12.5. The molecule has 3 rings (SSSR count). The topological polar surface area (TPSA) is 52.7 Å². The van der Waals surface area contributed by atoms with Crippen LogP contribution >= 0.6 is 0 Å². The molecule has 1 N–H and O–H groups in total. The smallest absolute Gasteiger partial charge is 0.227 e. The summed E-state index contributed by atoms with van der Waals surface area (Å²) in [6, 6.07) is 0.567. The first kappa shape index (κ1) is 13.9. The maximum atomic E-state index is 12.5. The van der Waals surface area contributed by atoms with Gasteiger partial charge in [-0.05, 0) is 38.8 Å². The van der Waals surface area contributed by atoms with E-state index in [-0.39, 0.29) is 17.7 Å². The molecule has 2 amide bonds. The molecule has 2 atom stereocenters. The van der Waals surface area contributed by atoms with Gasteiger partial charge in [0.2, 0.25) is 11.8 Å². The molecule has 112 valence electrons. The molecule has 3 aliphatic rings. The number of likely N-dealkylation sites (tertiary alicyclic amines) is 2. The van der Waals surface area contributed by atoms with Crippen molar-refractivity contribution in [3.8, 4) is 0 Å². The number of amides is 2. The van der Waals surface area contributed by atoms with Crippen LogP contribution in [0.5, 0.6) is 0 Å². The van der Waals surface area contributed by atoms with Crippen molar-refractivity contribution in [2.45, 2.75) is 44.6 Å². The van der Waals surface area contributed by atoms with Crippen molar-refractivity contribution < 1.29 is 9.59 Å². The Morgan fingerprint density at radius 2 is 1.90 bits per heavy atom. The molecule has 0 spiro atoms. The highest BCUT2D eigenvalue weighted by molar-refractivity contribution is 5.84. The summed E-state index contributed by atoms with van der Waals surface area (Å²) in [6.07, 6.45) is 6.30. The summed E-state index contributed by atoms with van der Waals surface area (Å²) in [4.78, 5) is 28.3. The van der Waals surface area contributed by atoms with Crippen molar-refractivity contribution in [3.63, 3.8) is 0 Å². The van der Waals surface area contributed by atoms with E-state index < -0.39 is 0 Å². The van der Waals surface area contributed by atoms with E-state index >= 15 is 0 Å². The summed E-state index contributed by atoms with van der Waals surface area (Å²) in [5.74, 6) is 0.346. The normalized spacial score (nSPS) is 32.2. The molecule has 0 aromatic heterocycles. The minimum Gasteiger partial charge on any atom is -0.355 e. The van der Waals surface area contributed by atoms with Crippen LogP contribution in [0.3, 0.4) is 0 Å². The number of carbonyl (C=O) groups excluding carboxylic acids is 2. The van der Waals surface area contributed by atoms with Crippen LogP contribution < -0.4 is 5.32 Å². The first-order valence-corrected chi connectivity index (χ1v) is 8.03. The molecule has 3 fully saturated rings. The van der Waals surface area contributed by atoms with Crippen molar-refractivity contribution >= 4 is 11.8 Å². The highest BCUT2D eigenvalue weighted by atomic mass is 16.2. The molecule has 0 aromatic carbocycles. The fourth-order valence-electron chi connectivity index (χ4n) is 3.73. The summed E-state index contributed by atoms with van der Waals surface area (Å²) in [6.45, 7) is 4.72. The molecule has 2 unspecified atom stereocenters. The summed E-state index contributed by atoms with van der Waals surface area (Å²) in [5.41, 5.74) is 0. The summed E-state index contributed by atoms with van der Waals surface area (Å²) < 4.78 is 0. The highest BCUT2D eigenvalue weighted by Gasteiger charge is 2.34. The summed E-state index contributed by atoms with van der Waals surface area (Å²) in [7, 11) is 0. The van der Waals surface area contributed by atoms with E-state index in [9.17, 15) is 9.59 Å². The van der Waals surface area contributed by atoms with Crippen molar-refractivity contribution in [3.05, 3.63) is 0 Å². The van der Waals surface area contributed by atoms with Gasteiger partial charge in [-0.1, -0.05) is 6.42 Å². The standard InChI is InChI=1S/C15H25N3O2/c19-14-5-4-12(10-16-14)15(20)18-9-6-13(11-18)17-7-2-1-3-8-17/h12-13H,1-11H2,(H,16,19). The monoisotopic (exact) mass is 279 g/mol. The van der Waals surface area contributed by atoms with E-state index in [0.29, 0.717) is 19.0 Å². The lowest BCUT2D eigenvalue weighted by Crippen LogP contribution is -2.46. The number of carbonyl (C=O) groups is 2. The predicted molar refractivity (Wildman–Crippen MR) is 76.1 cm³/mol. The Morgan fingerprint density at radius 1 is 1.10 bits per heavy atom. The van der Waals surface area contributed by atoms with Crippen molar-refractivity contribution in [2.75, 3.05) is 32.7 Å². The minimum atomic E-state index is 0.00723. The van der Waals surface area contributed by atoms with Gasteiger partial charge in [0.15, 0.2) is 0 Å². The highest BCUT2D eigenvalue weighted by Crippen LogP contribution is 2.23. The van der Waals surface area contributed by atoms with Crippen LogP contribution in [0.1, 0.15) is 38.5 Å². The second-order valence-electron chi connectivity index (χ2n) is 6.36. The van der Waals surface area contributed by atoms with Crippen molar-refractivity contribution in [1.29, 1.82) is 0 Å². The average molecular weight is 279 g/mol. The van der Waals surface area contributed by atoms with Crippen LogP contribution in [0, 0.1) is 5.92 Å². The molecule has 3 heterocycles. The van der Waals surface area contributed by atoms with Crippen LogP contribution in [0.2, 0.25) is 0 Å². The van der Waals surface area contributed by atoms with Gasteiger partial charge in [-0.25, -0.2) is 0 Å². The van der Waals surface area contributed by atoms with Crippen LogP contribution in [0.25, 0.3) is 0 Å². The Labute approximate surface area is 120 Å². The van der Waals surface area contributed by atoms with Gasteiger partial charge in [-0.15, -0.1) is 0 Å². The van der Waals surface area contributed by atoms with Gasteiger partial charge in [0.05, 0.1) is 5.92 Å². The Bertz CT molecular complexity index is 369. The molecule has 3 saturated heterocycles. The number of hydrogen-bond donors (Lipinski definition) is 1. The zero-order valence-electron chi connectivity index (χ0n) is 12.1. The number of nitrogens with one attached hydrogen (secondary N) is 1. The molecule has 0 radical (unpaired) electrons. The second-order valence-corrected chi connectivity index (χ2v) is 6.36. The van der Waals surface area contributed by atoms with Gasteiger partial charge >= 0.3 is 0 Å². The number of hydrogen-bond acceptors (Lipinski definition) is 3. The fraction of sp³-hybridized carbons (Fsp3) is 0.867. The molecule has 3 aliphatic heterocycles. The first-order valence-electron chi connectivity index (χ1n) is 8.03. The molecule has 5 nitrogen and oxygen atoms in total. The molecule has 5 heteroatoms. The third-order valence-electron chi connectivity index (χ3n) is 5.00. The maximum Gasteiger partial charge on any atom is 0.227 e. The van der Waals surface area contributed by atoms with Crippen LogP contribution in [0.15, 0.2) is 0 Å². The first-order chi connectivity index (χ1) is 9.74. The Balaban J connectivity index is 1.51. The number of piperidine rings is 2. The quantitative estimate of drug-likeness (QED) is 0.805. The van der Waals surface area contributed by atoms with E-state index in [0.717, 1.165) is 25.9 Å². The van der Waals surface area contributed by atoms with Gasteiger partial charge in [-0.3, -0.25) is 14.5 Å². The van der Waals surface area contributed by atoms with E-state index in [2.05, 4.69) is 10.2 Å². The average Bonchev–Trinajstić information content (AvgIpc) is 2.98. The van der Waals surface area contributed by atoms with E-state index in [4.69, 9.17) is 0 Å². The SMILES string of the molecule is O=C1CCC(C(=O)N2CCC(N3CCCCC3)C2)CN1. The number of rotatable bonds is 2.